The Kier molecular flexibility index (Phi) is 5.58. The number of anilines is 1. The molecule has 1 aromatic carbocycles. The molecule has 0 saturated heterocycles. The molecule has 0 saturated carbocycles. The molecule has 0 bridgehead atoms. The van der Waals surface area contributed by atoms with Gasteiger partial charge in [0, 0.05) is 12.1 Å². The molecule has 0 unspecified atom stereocenters. The van der Waals surface area contributed by atoms with Gasteiger partial charge in [-0.25, -0.2) is 4.79 Å². The number of benzene rings is 1. The van der Waals surface area contributed by atoms with E-state index < -0.39 is 5.97 Å². The lowest BCUT2D eigenvalue weighted by molar-refractivity contribution is -0.139. The Morgan fingerprint density at radius 1 is 1.32 bits per heavy atom. The lowest BCUT2D eigenvalue weighted by Gasteiger charge is -2.14. The number of hydrogen-bond acceptors (Lipinski definition) is 3. The van der Waals surface area contributed by atoms with E-state index in [1.807, 2.05) is 6.92 Å². The Hall–Kier alpha value is -2.30. The topological polar surface area (TPSA) is 75.6 Å². The molecule has 5 heteroatoms. The average molecular weight is 303 g/mol. The molecular weight excluding hydrogens is 282 g/mol. The summed E-state index contributed by atoms with van der Waals surface area (Å²) in [6, 6.07) is 5.11. The van der Waals surface area contributed by atoms with Crippen LogP contribution in [0.15, 0.2) is 29.8 Å². The first-order valence-electron chi connectivity index (χ1n) is 7.47. The number of rotatable bonds is 6. The standard InChI is InChI=1S/C17H21NO4/c1-12-9-14(22-11-17(20)21)7-8-15(12)18-16(19)10-13-5-3-2-4-6-13/h5,7-9H,2-4,6,10-11H2,1H3,(H,18,19)(H,20,21). The smallest absolute Gasteiger partial charge is 0.341 e. The van der Waals surface area contributed by atoms with Gasteiger partial charge in [0.1, 0.15) is 5.75 Å². The molecule has 0 fully saturated rings. The number of ether oxygens (including phenoxy) is 1. The highest BCUT2D eigenvalue weighted by atomic mass is 16.5. The van der Waals surface area contributed by atoms with Gasteiger partial charge in [-0.1, -0.05) is 11.6 Å². The van der Waals surface area contributed by atoms with Crippen LogP contribution < -0.4 is 10.1 Å². The van der Waals surface area contributed by atoms with Crippen molar-refractivity contribution in [3.63, 3.8) is 0 Å². The molecule has 0 radical (unpaired) electrons. The number of carbonyl (C=O) groups excluding carboxylic acids is 1. The molecule has 1 aromatic rings. The summed E-state index contributed by atoms with van der Waals surface area (Å²) in [4.78, 5) is 22.5. The van der Waals surface area contributed by atoms with Crippen molar-refractivity contribution >= 4 is 17.6 Å². The number of nitrogens with one attached hydrogen (secondary N) is 1. The van der Waals surface area contributed by atoms with Crippen LogP contribution in [0.3, 0.4) is 0 Å². The quantitative estimate of drug-likeness (QED) is 0.791. The van der Waals surface area contributed by atoms with E-state index in [9.17, 15) is 9.59 Å². The van der Waals surface area contributed by atoms with Crippen LogP contribution in [0.2, 0.25) is 0 Å². The van der Waals surface area contributed by atoms with Gasteiger partial charge in [-0.05, 0) is 56.4 Å². The highest BCUT2D eigenvalue weighted by Gasteiger charge is 2.11. The highest BCUT2D eigenvalue weighted by molar-refractivity contribution is 5.93. The maximum atomic E-state index is 12.1. The predicted octanol–water partition coefficient (Wildman–Crippen LogP) is 3.29. The van der Waals surface area contributed by atoms with Crippen LogP contribution in [-0.4, -0.2) is 23.6 Å². The average Bonchev–Trinajstić information content (AvgIpc) is 2.48. The fraction of sp³-hybridized carbons (Fsp3) is 0.412. The van der Waals surface area contributed by atoms with Crippen LogP contribution in [0.1, 0.15) is 37.7 Å². The summed E-state index contributed by atoms with van der Waals surface area (Å²) >= 11 is 0. The van der Waals surface area contributed by atoms with Crippen LogP contribution in [0.4, 0.5) is 5.69 Å². The second-order valence-corrected chi connectivity index (χ2v) is 5.49. The van der Waals surface area contributed by atoms with Gasteiger partial charge in [0.05, 0.1) is 0 Å². The molecule has 0 aliphatic heterocycles. The van der Waals surface area contributed by atoms with Gasteiger partial charge in [-0.2, -0.15) is 0 Å². The van der Waals surface area contributed by atoms with Gasteiger partial charge < -0.3 is 15.2 Å². The Morgan fingerprint density at radius 3 is 2.77 bits per heavy atom. The lowest BCUT2D eigenvalue weighted by atomic mass is 9.97. The Bertz CT molecular complexity index is 592. The minimum Gasteiger partial charge on any atom is -0.482 e. The number of amides is 1. The zero-order valence-electron chi connectivity index (χ0n) is 12.7. The van der Waals surface area contributed by atoms with Crippen molar-refractivity contribution in [2.45, 2.75) is 39.0 Å². The zero-order valence-corrected chi connectivity index (χ0v) is 12.7. The van der Waals surface area contributed by atoms with E-state index >= 15 is 0 Å². The van der Waals surface area contributed by atoms with Gasteiger partial charge >= 0.3 is 5.97 Å². The molecule has 2 N–H and O–H groups in total. The third-order valence-electron chi connectivity index (χ3n) is 3.61. The number of hydrogen-bond donors (Lipinski definition) is 2. The van der Waals surface area contributed by atoms with E-state index in [-0.39, 0.29) is 12.5 Å². The van der Waals surface area contributed by atoms with Gasteiger partial charge in [0.25, 0.3) is 0 Å². The molecule has 2 rings (SSSR count). The predicted molar refractivity (Wildman–Crippen MR) is 84.1 cm³/mol. The van der Waals surface area contributed by atoms with E-state index in [4.69, 9.17) is 9.84 Å². The summed E-state index contributed by atoms with van der Waals surface area (Å²) in [6.45, 7) is 1.47. The molecule has 1 aliphatic carbocycles. The maximum absolute atomic E-state index is 12.1. The van der Waals surface area contributed by atoms with Gasteiger partial charge in [-0.15, -0.1) is 0 Å². The molecular formula is C17H21NO4. The van der Waals surface area contributed by atoms with Crippen molar-refractivity contribution < 1.29 is 19.4 Å². The molecule has 22 heavy (non-hydrogen) atoms. The Labute approximate surface area is 130 Å². The minimum atomic E-state index is -1.02. The Balaban J connectivity index is 1.93. The molecule has 118 valence electrons. The van der Waals surface area contributed by atoms with Crippen LogP contribution in [0.25, 0.3) is 0 Å². The number of aliphatic carboxylic acids is 1. The summed E-state index contributed by atoms with van der Waals surface area (Å²) in [6.07, 6.45) is 7.05. The molecule has 1 aliphatic rings. The third-order valence-corrected chi connectivity index (χ3v) is 3.61. The normalized spacial score (nSPS) is 14.1. The number of carboxylic acid groups (broad SMARTS) is 1. The van der Waals surface area contributed by atoms with Crippen molar-refractivity contribution in [3.8, 4) is 5.75 Å². The van der Waals surface area contributed by atoms with Crippen LogP contribution in [0.5, 0.6) is 5.75 Å². The molecule has 0 spiro atoms. The van der Waals surface area contributed by atoms with Gasteiger partial charge in [0.15, 0.2) is 6.61 Å². The maximum Gasteiger partial charge on any atom is 0.341 e. The van der Waals surface area contributed by atoms with Gasteiger partial charge in [-0.3, -0.25) is 4.79 Å². The van der Waals surface area contributed by atoms with E-state index in [1.54, 1.807) is 18.2 Å². The monoisotopic (exact) mass is 303 g/mol. The summed E-state index contributed by atoms with van der Waals surface area (Å²) in [7, 11) is 0. The second-order valence-electron chi connectivity index (χ2n) is 5.49. The summed E-state index contributed by atoms with van der Waals surface area (Å²) < 4.78 is 5.11. The van der Waals surface area contributed by atoms with Crippen molar-refractivity contribution in [1.82, 2.24) is 0 Å². The first-order chi connectivity index (χ1) is 10.5. The van der Waals surface area contributed by atoms with Crippen molar-refractivity contribution in [3.05, 3.63) is 35.4 Å². The van der Waals surface area contributed by atoms with Gasteiger partial charge in [0.2, 0.25) is 5.91 Å². The number of carboxylic acids is 1. The molecule has 0 aromatic heterocycles. The van der Waals surface area contributed by atoms with Crippen LogP contribution in [0, 0.1) is 6.92 Å². The SMILES string of the molecule is Cc1cc(OCC(=O)O)ccc1NC(=O)CC1=CCCCC1. The summed E-state index contributed by atoms with van der Waals surface area (Å²) in [5.74, 6) is -0.556. The van der Waals surface area contributed by atoms with Crippen LogP contribution >= 0.6 is 0 Å². The van der Waals surface area contributed by atoms with E-state index in [1.165, 1.54) is 12.0 Å². The lowest BCUT2D eigenvalue weighted by Crippen LogP contribution is -2.14. The van der Waals surface area contributed by atoms with Crippen molar-refractivity contribution in [1.29, 1.82) is 0 Å². The van der Waals surface area contributed by atoms with E-state index in [2.05, 4.69) is 11.4 Å². The van der Waals surface area contributed by atoms with Crippen LogP contribution in [-0.2, 0) is 9.59 Å². The highest BCUT2D eigenvalue weighted by Crippen LogP contribution is 2.23. The minimum absolute atomic E-state index is 0.0181. The number of carbonyl (C=O) groups is 2. The van der Waals surface area contributed by atoms with E-state index in [0.29, 0.717) is 12.2 Å². The molecule has 1 amide bonds. The summed E-state index contributed by atoms with van der Waals surface area (Å²) in [5, 5.41) is 11.5. The molecule has 0 heterocycles. The molecule has 5 nitrogen and oxygen atoms in total. The molecule has 0 atom stereocenters. The van der Waals surface area contributed by atoms with E-state index in [0.717, 1.165) is 30.5 Å². The summed E-state index contributed by atoms with van der Waals surface area (Å²) in [5.41, 5.74) is 2.78. The Morgan fingerprint density at radius 2 is 2.14 bits per heavy atom. The van der Waals surface area contributed by atoms with Crippen molar-refractivity contribution in [2.75, 3.05) is 11.9 Å². The largest absolute Gasteiger partial charge is 0.482 e. The number of aryl methyl sites for hydroxylation is 1. The first kappa shape index (κ1) is 16.1. The first-order valence-corrected chi connectivity index (χ1v) is 7.47. The second kappa shape index (κ2) is 7.64. The third kappa shape index (κ3) is 4.91. The fourth-order valence-corrected chi connectivity index (χ4v) is 2.48. The fourth-order valence-electron chi connectivity index (χ4n) is 2.48. The number of allylic oxidation sites excluding steroid dienone is 1. The van der Waals surface area contributed by atoms with Crippen molar-refractivity contribution in [2.24, 2.45) is 0 Å². The zero-order chi connectivity index (χ0) is 15.9.